The molecule has 0 saturated heterocycles. The van der Waals surface area contributed by atoms with Crippen LogP contribution in [0.4, 0.5) is 4.79 Å². The summed E-state index contributed by atoms with van der Waals surface area (Å²) in [6.07, 6.45) is -0.360. The molecule has 0 aromatic rings. The van der Waals surface area contributed by atoms with Crippen molar-refractivity contribution < 1.29 is 28.7 Å². The van der Waals surface area contributed by atoms with Gasteiger partial charge < -0.3 is 25.4 Å². The van der Waals surface area contributed by atoms with Crippen molar-refractivity contribution in [3.05, 3.63) is 0 Å². The van der Waals surface area contributed by atoms with Crippen LogP contribution >= 0.6 is 0 Å². The van der Waals surface area contributed by atoms with E-state index in [9.17, 15) is 19.2 Å². The summed E-state index contributed by atoms with van der Waals surface area (Å²) in [7, 11) is 0. The van der Waals surface area contributed by atoms with E-state index in [1.165, 1.54) is 4.90 Å². The van der Waals surface area contributed by atoms with Gasteiger partial charge in [-0.15, -0.1) is 0 Å². The van der Waals surface area contributed by atoms with E-state index >= 15 is 0 Å². The molecule has 30 heavy (non-hydrogen) atoms. The fourth-order valence-corrected chi connectivity index (χ4v) is 2.56. The smallest absolute Gasteiger partial charge is 0.408 e. The van der Waals surface area contributed by atoms with E-state index in [0.717, 1.165) is 0 Å². The Morgan fingerprint density at radius 1 is 0.967 bits per heavy atom. The van der Waals surface area contributed by atoms with E-state index < -0.39 is 35.2 Å². The molecule has 0 aromatic carbocycles. The molecule has 1 atom stereocenters. The van der Waals surface area contributed by atoms with Crippen molar-refractivity contribution in [1.82, 2.24) is 10.2 Å². The van der Waals surface area contributed by atoms with Crippen LogP contribution in [0.1, 0.15) is 68.2 Å². The minimum atomic E-state index is -0.841. The summed E-state index contributed by atoms with van der Waals surface area (Å²) in [5, 5.41) is 2.39. The van der Waals surface area contributed by atoms with Gasteiger partial charge >= 0.3 is 12.1 Å². The molecule has 0 saturated carbocycles. The molecule has 9 nitrogen and oxygen atoms in total. The molecule has 9 heteroatoms. The predicted octanol–water partition coefficient (Wildman–Crippen LogP) is 2.01. The van der Waals surface area contributed by atoms with Gasteiger partial charge in [0.05, 0.1) is 13.1 Å². The Balaban J connectivity index is 5.14. The van der Waals surface area contributed by atoms with E-state index in [1.807, 2.05) is 13.8 Å². The van der Waals surface area contributed by atoms with Crippen molar-refractivity contribution in [1.29, 1.82) is 0 Å². The molecule has 174 valence electrons. The number of Topliss-reactive ketones (excluding diaryl/α,β-unsaturated/α-hetero) is 1. The Morgan fingerprint density at radius 2 is 1.50 bits per heavy atom. The van der Waals surface area contributed by atoms with Crippen molar-refractivity contribution in [2.24, 2.45) is 11.7 Å². The lowest BCUT2D eigenvalue weighted by Crippen LogP contribution is -2.51. The summed E-state index contributed by atoms with van der Waals surface area (Å²) in [6, 6.07) is -0.841. The lowest BCUT2D eigenvalue weighted by atomic mass is 10.0. The molecule has 0 spiro atoms. The van der Waals surface area contributed by atoms with Gasteiger partial charge in [-0.25, -0.2) is 9.59 Å². The lowest BCUT2D eigenvalue weighted by molar-refractivity contribution is -0.165. The van der Waals surface area contributed by atoms with Gasteiger partial charge in [-0.3, -0.25) is 9.59 Å². The van der Waals surface area contributed by atoms with Crippen LogP contribution in [0.15, 0.2) is 0 Å². The SMILES string of the molecule is CC(C)C[C@@H](C(=O)OC(C)(C)C)N(CCC(=O)CNC(=O)OC(C)(C)C)C(=O)CN. The van der Waals surface area contributed by atoms with Gasteiger partial charge in [0.1, 0.15) is 17.2 Å². The predicted molar refractivity (Wildman–Crippen MR) is 114 cm³/mol. The molecule has 0 aliphatic carbocycles. The summed E-state index contributed by atoms with van der Waals surface area (Å²) in [5.74, 6) is -1.17. The third kappa shape index (κ3) is 12.4. The Kier molecular flexibility index (Phi) is 11.0. The maximum Gasteiger partial charge on any atom is 0.408 e. The van der Waals surface area contributed by atoms with Crippen LogP contribution in [-0.4, -0.2) is 65.5 Å². The molecule has 0 aliphatic rings. The Bertz CT molecular complexity index is 605. The van der Waals surface area contributed by atoms with Crippen molar-refractivity contribution in [2.45, 2.75) is 85.5 Å². The summed E-state index contributed by atoms with van der Waals surface area (Å²) < 4.78 is 10.6. The van der Waals surface area contributed by atoms with Gasteiger partial charge in [0.2, 0.25) is 5.91 Å². The van der Waals surface area contributed by atoms with E-state index in [2.05, 4.69) is 5.32 Å². The third-order valence-electron chi connectivity index (χ3n) is 3.71. The summed E-state index contributed by atoms with van der Waals surface area (Å²) in [4.78, 5) is 50.4. The van der Waals surface area contributed by atoms with Crippen LogP contribution in [0.25, 0.3) is 0 Å². The molecule has 0 radical (unpaired) electrons. The van der Waals surface area contributed by atoms with Crippen LogP contribution in [0.5, 0.6) is 0 Å². The number of amides is 2. The number of esters is 1. The van der Waals surface area contributed by atoms with Gasteiger partial charge in [0, 0.05) is 13.0 Å². The standard InChI is InChI=1S/C21H39N3O6/c1-14(2)11-16(18(27)29-20(3,4)5)24(17(26)12-22)10-9-15(25)13-23-19(28)30-21(6,7)8/h14,16H,9-13,22H2,1-8H3,(H,23,28)/t16-/m0/s1. The lowest BCUT2D eigenvalue weighted by Gasteiger charge is -2.33. The second-order valence-electron chi connectivity index (χ2n) is 9.61. The number of carbonyl (C=O) groups excluding carboxylic acids is 4. The summed E-state index contributed by atoms with van der Waals surface area (Å²) >= 11 is 0. The number of rotatable bonds is 10. The average Bonchev–Trinajstić information content (AvgIpc) is 2.55. The highest BCUT2D eigenvalue weighted by Gasteiger charge is 2.33. The first-order valence-corrected chi connectivity index (χ1v) is 10.3. The number of nitrogens with two attached hydrogens (primary N) is 1. The van der Waals surface area contributed by atoms with Gasteiger partial charge in [-0.05, 0) is 53.9 Å². The molecule has 0 bridgehead atoms. The quantitative estimate of drug-likeness (QED) is 0.508. The highest BCUT2D eigenvalue weighted by Crippen LogP contribution is 2.18. The largest absolute Gasteiger partial charge is 0.458 e. The first-order chi connectivity index (χ1) is 13.6. The zero-order valence-corrected chi connectivity index (χ0v) is 19.7. The summed E-state index contributed by atoms with van der Waals surface area (Å²) in [6.45, 7) is 13.7. The van der Waals surface area contributed by atoms with Gasteiger partial charge in [-0.1, -0.05) is 13.8 Å². The molecule has 0 aromatic heterocycles. The van der Waals surface area contributed by atoms with Crippen molar-refractivity contribution in [2.75, 3.05) is 19.6 Å². The monoisotopic (exact) mass is 429 g/mol. The van der Waals surface area contributed by atoms with Crippen molar-refractivity contribution in [3.8, 4) is 0 Å². The van der Waals surface area contributed by atoms with Crippen LogP contribution in [0.2, 0.25) is 0 Å². The molecule has 0 heterocycles. The molecule has 0 unspecified atom stereocenters. The Morgan fingerprint density at radius 3 is 1.93 bits per heavy atom. The number of alkyl carbamates (subject to hydrolysis) is 1. The minimum Gasteiger partial charge on any atom is -0.458 e. The molecule has 0 rings (SSSR count). The molecule has 0 fully saturated rings. The fraction of sp³-hybridized carbons (Fsp3) is 0.810. The second-order valence-corrected chi connectivity index (χ2v) is 9.61. The van der Waals surface area contributed by atoms with Crippen LogP contribution < -0.4 is 11.1 Å². The van der Waals surface area contributed by atoms with Gasteiger partial charge in [0.15, 0.2) is 5.78 Å². The maximum absolute atomic E-state index is 12.7. The number of hydrogen-bond acceptors (Lipinski definition) is 7. The number of nitrogens with one attached hydrogen (secondary N) is 1. The normalized spacial score (nSPS) is 12.9. The van der Waals surface area contributed by atoms with Crippen LogP contribution in [-0.2, 0) is 23.9 Å². The zero-order chi connectivity index (χ0) is 23.7. The van der Waals surface area contributed by atoms with Crippen LogP contribution in [0.3, 0.4) is 0 Å². The van der Waals surface area contributed by atoms with E-state index in [1.54, 1.807) is 41.5 Å². The van der Waals surface area contributed by atoms with Gasteiger partial charge in [-0.2, -0.15) is 0 Å². The number of carbonyl (C=O) groups is 4. The molecule has 2 amide bonds. The highest BCUT2D eigenvalue weighted by atomic mass is 16.6. The van der Waals surface area contributed by atoms with Crippen LogP contribution in [0, 0.1) is 5.92 Å². The van der Waals surface area contributed by atoms with E-state index in [0.29, 0.717) is 6.42 Å². The third-order valence-corrected chi connectivity index (χ3v) is 3.71. The first-order valence-electron chi connectivity index (χ1n) is 10.3. The molecular formula is C21H39N3O6. The fourth-order valence-electron chi connectivity index (χ4n) is 2.56. The Hall–Kier alpha value is -2.16. The molecular weight excluding hydrogens is 390 g/mol. The second kappa shape index (κ2) is 11.9. The zero-order valence-electron chi connectivity index (χ0n) is 19.7. The van der Waals surface area contributed by atoms with Crippen molar-refractivity contribution >= 4 is 23.8 Å². The Labute approximate surface area is 180 Å². The minimum absolute atomic E-state index is 0.00148. The number of nitrogens with zero attached hydrogens (tertiary/aromatic N) is 1. The topological polar surface area (TPSA) is 128 Å². The van der Waals surface area contributed by atoms with Crippen molar-refractivity contribution in [3.63, 3.8) is 0 Å². The van der Waals surface area contributed by atoms with E-state index in [4.69, 9.17) is 15.2 Å². The number of ketones is 1. The summed E-state index contributed by atoms with van der Waals surface area (Å²) in [5.41, 5.74) is 4.15. The van der Waals surface area contributed by atoms with Gasteiger partial charge in [0.25, 0.3) is 0 Å². The number of hydrogen-bond donors (Lipinski definition) is 2. The van der Waals surface area contributed by atoms with E-state index in [-0.39, 0.29) is 37.8 Å². The number of ether oxygens (including phenoxy) is 2. The first kappa shape index (κ1) is 27.8. The molecule has 3 N–H and O–H groups in total. The molecule has 0 aliphatic heterocycles. The highest BCUT2D eigenvalue weighted by molar-refractivity contribution is 5.87. The maximum atomic E-state index is 12.7. The average molecular weight is 430 g/mol.